The molecule has 1 fully saturated rings. The third kappa shape index (κ3) is 3.82. The summed E-state index contributed by atoms with van der Waals surface area (Å²) in [4.78, 5) is 28.2. The van der Waals surface area contributed by atoms with E-state index < -0.39 is 0 Å². The van der Waals surface area contributed by atoms with E-state index in [2.05, 4.69) is 9.74 Å². The maximum absolute atomic E-state index is 10.9. The van der Waals surface area contributed by atoms with Crippen LogP contribution < -0.4 is 11.4 Å². The van der Waals surface area contributed by atoms with Crippen LogP contribution in [0.5, 0.6) is 0 Å². The molecule has 1 aliphatic rings. The predicted molar refractivity (Wildman–Crippen MR) is 48.7 cm³/mol. The minimum absolute atomic E-state index is 0.290. The van der Waals surface area contributed by atoms with Gasteiger partial charge in [-0.15, -0.1) is 0 Å². The summed E-state index contributed by atoms with van der Waals surface area (Å²) in [5.41, 5.74) is 1.84. The average molecular weight is 201 g/mol. The Labute approximate surface area is 82.3 Å². The van der Waals surface area contributed by atoms with Crippen molar-refractivity contribution in [3.63, 3.8) is 0 Å². The molecule has 3 N–H and O–H groups in total. The van der Waals surface area contributed by atoms with Crippen molar-refractivity contribution in [2.45, 2.75) is 19.3 Å². The van der Waals surface area contributed by atoms with Crippen LogP contribution in [0.4, 0.5) is 0 Å². The lowest BCUT2D eigenvalue weighted by Gasteiger charge is -2.24. The quantitative estimate of drug-likeness (QED) is 0.446. The number of nitrogens with one attached hydrogen (secondary N) is 1. The minimum Gasteiger partial charge on any atom is -0.356 e. The molecule has 0 saturated carbocycles. The van der Waals surface area contributed by atoms with Crippen molar-refractivity contribution in [1.29, 1.82) is 0 Å². The van der Waals surface area contributed by atoms with E-state index in [1.165, 1.54) is 0 Å². The second-order valence-electron chi connectivity index (χ2n) is 3.22. The van der Waals surface area contributed by atoms with Crippen LogP contribution in [0.3, 0.4) is 0 Å². The predicted octanol–water partition coefficient (Wildman–Crippen LogP) is -1.04. The molecule has 0 aromatic carbocycles. The number of carbonyl (C=O) groups excluding carboxylic acids is 2. The normalized spacial score (nSPS) is 18.2. The zero-order valence-corrected chi connectivity index (χ0v) is 7.99. The maximum atomic E-state index is 10.9. The first kappa shape index (κ1) is 11.1. The van der Waals surface area contributed by atoms with E-state index in [1.54, 1.807) is 0 Å². The highest BCUT2D eigenvalue weighted by atomic mass is 16.7. The van der Waals surface area contributed by atoms with E-state index in [9.17, 15) is 9.59 Å². The van der Waals surface area contributed by atoms with Crippen LogP contribution in [-0.4, -0.2) is 36.3 Å². The molecule has 80 valence electrons. The number of likely N-dealkylation sites (tertiary alicyclic amines) is 1. The summed E-state index contributed by atoms with van der Waals surface area (Å²) < 4.78 is 0. The minimum atomic E-state index is -0.385. The molecule has 0 atom stereocenters. The van der Waals surface area contributed by atoms with Gasteiger partial charge in [-0.2, -0.15) is 0 Å². The number of hydrogen-bond donors (Lipinski definition) is 2. The fourth-order valence-electron chi connectivity index (χ4n) is 1.39. The molecule has 0 aromatic rings. The number of rotatable bonds is 4. The van der Waals surface area contributed by atoms with Crippen LogP contribution in [-0.2, 0) is 14.4 Å². The molecule has 1 heterocycles. The second kappa shape index (κ2) is 5.69. The van der Waals surface area contributed by atoms with Crippen molar-refractivity contribution in [1.82, 2.24) is 10.5 Å². The van der Waals surface area contributed by atoms with Crippen molar-refractivity contribution in [3.8, 4) is 0 Å². The summed E-state index contributed by atoms with van der Waals surface area (Å²) in [6, 6.07) is 0. The number of hydrazine groups is 1. The van der Waals surface area contributed by atoms with Crippen molar-refractivity contribution in [2.75, 3.05) is 19.6 Å². The molecule has 0 amide bonds. The first-order valence-electron chi connectivity index (χ1n) is 4.61. The van der Waals surface area contributed by atoms with Crippen LogP contribution in [0.15, 0.2) is 0 Å². The van der Waals surface area contributed by atoms with Crippen molar-refractivity contribution >= 4 is 11.8 Å². The Morgan fingerprint density at radius 2 is 2.14 bits per heavy atom. The van der Waals surface area contributed by atoms with Crippen LogP contribution in [0.25, 0.3) is 0 Å². The van der Waals surface area contributed by atoms with Gasteiger partial charge in [0.2, 0.25) is 0 Å². The zero-order valence-electron chi connectivity index (χ0n) is 7.99. The monoisotopic (exact) mass is 201 g/mol. The van der Waals surface area contributed by atoms with Gasteiger partial charge in [0.1, 0.15) is 5.78 Å². The van der Waals surface area contributed by atoms with Crippen molar-refractivity contribution < 1.29 is 14.4 Å². The molecule has 0 unspecified atom stereocenters. The van der Waals surface area contributed by atoms with Crippen LogP contribution in [0.1, 0.15) is 19.3 Å². The number of nitrogens with zero attached hydrogens (tertiary/aromatic N) is 1. The molecule has 6 nitrogen and oxygen atoms in total. The molecule has 6 heteroatoms. The fourth-order valence-corrected chi connectivity index (χ4v) is 1.39. The van der Waals surface area contributed by atoms with Crippen LogP contribution in [0.2, 0.25) is 0 Å². The summed E-state index contributed by atoms with van der Waals surface area (Å²) in [6.07, 6.45) is 1.47. The second-order valence-corrected chi connectivity index (χ2v) is 3.22. The summed E-state index contributed by atoms with van der Waals surface area (Å²) in [5.74, 6) is 4.72. The number of Topliss-reactive ketones (excluding diaryl/α,β-unsaturated/α-hetero) is 1. The largest absolute Gasteiger partial charge is 0.356 e. The summed E-state index contributed by atoms with van der Waals surface area (Å²) >= 11 is 0. The Morgan fingerprint density at radius 1 is 1.50 bits per heavy atom. The topological polar surface area (TPSA) is 84.7 Å². The number of ketones is 1. The van der Waals surface area contributed by atoms with Gasteiger partial charge in [0.25, 0.3) is 0 Å². The maximum Gasteiger partial charge on any atom is 0.327 e. The van der Waals surface area contributed by atoms with E-state index in [0.717, 1.165) is 13.1 Å². The van der Waals surface area contributed by atoms with E-state index >= 15 is 0 Å². The lowest BCUT2D eigenvalue weighted by atomic mass is 10.1. The average Bonchev–Trinajstić information content (AvgIpc) is 2.17. The molecule has 0 spiro atoms. The lowest BCUT2D eigenvalue weighted by molar-refractivity contribution is -0.151. The van der Waals surface area contributed by atoms with E-state index in [0.29, 0.717) is 31.6 Å². The van der Waals surface area contributed by atoms with Gasteiger partial charge in [-0.1, -0.05) is 5.59 Å². The van der Waals surface area contributed by atoms with Gasteiger partial charge in [-0.25, -0.2) is 5.84 Å². The van der Waals surface area contributed by atoms with Crippen LogP contribution in [0, 0.1) is 0 Å². The van der Waals surface area contributed by atoms with E-state index in [-0.39, 0.29) is 5.97 Å². The highest BCUT2D eigenvalue weighted by Crippen LogP contribution is 2.05. The number of hydrogen-bond acceptors (Lipinski definition) is 6. The van der Waals surface area contributed by atoms with Gasteiger partial charge in [0.15, 0.2) is 0 Å². The Kier molecular flexibility index (Phi) is 4.51. The Morgan fingerprint density at radius 3 is 2.71 bits per heavy atom. The van der Waals surface area contributed by atoms with Crippen molar-refractivity contribution in [2.24, 2.45) is 5.84 Å². The third-order valence-corrected chi connectivity index (χ3v) is 2.22. The molecule has 0 bridgehead atoms. The fraction of sp³-hybridized carbons (Fsp3) is 0.750. The SMILES string of the molecule is NNOC(=O)CCN1CCC(=O)CC1. The highest BCUT2D eigenvalue weighted by molar-refractivity contribution is 5.79. The van der Waals surface area contributed by atoms with E-state index in [1.807, 2.05) is 5.59 Å². The molecule has 0 aromatic heterocycles. The highest BCUT2D eigenvalue weighted by Gasteiger charge is 2.16. The summed E-state index contributed by atoms with van der Waals surface area (Å²) in [6.45, 7) is 2.10. The van der Waals surface area contributed by atoms with Crippen molar-refractivity contribution in [3.05, 3.63) is 0 Å². The summed E-state index contributed by atoms with van der Waals surface area (Å²) in [5, 5.41) is 0. The molecule has 1 saturated heterocycles. The molecule has 0 radical (unpaired) electrons. The lowest BCUT2D eigenvalue weighted by Crippen LogP contribution is -2.36. The van der Waals surface area contributed by atoms with Gasteiger partial charge in [0, 0.05) is 32.5 Å². The van der Waals surface area contributed by atoms with Gasteiger partial charge < -0.3 is 9.74 Å². The summed E-state index contributed by atoms with van der Waals surface area (Å²) in [7, 11) is 0. The zero-order chi connectivity index (χ0) is 10.4. The standard InChI is InChI=1S/C8H15N3O3/c9-10-14-8(13)3-6-11-4-1-7(12)2-5-11/h10H,1-6,9H2. The molecule has 0 aliphatic carbocycles. The molecular weight excluding hydrogens is 186 g/mol. The van der Waals surface area contributed by atoms with Gasteiger partial charge in [-0.3, -0.25) is 9.59 Å². The number of carbonyl (C=O) groups is 2. The molecular formula is C8H15N3O3. The van der Waals surface area contributed by atoms with Gasteiger partial charge in [0.05, 0.1) is 6.42 Å². The Bertz CT molecular complexity index is 210. The smallest absolute Gasteiger partial charge is 0.327 e. The first-order chi connectivity index (χ1) is 6.72. The van der Waals surface area contributed by atoms with E-state index in [4.69, 9.17) is 5.84 Å². The number of nitrogens with two attached hydrogens (primary N) is 1. The Balaban J connectivity index is 2.12. The Hall–Kier alpha value is -0.980. The number of piperidine rings is 1. The van der Waals surface area contributed by atoms with Gasteiger partial charge in [-0.05, 0) is 0 Å². The molecule has 1 rings (SSSR count). The molecule has 14 heavy (non-hydrogen) atoms. The first-order valence-corrected chi connectivity index (χ1v) is 4.61. The third-order valence-electron chi connectivity index (χ3n) is 2.22. The van der Waals surface area contributed by atoms with Crippen LogP contribution >= 0.6 is 0 Å². The molecule has 1 aliphatic heterocycles. The van der Waals surface area contributed by atoms with Gasteiger partial charge >= 0.3 is 5.97 Å².